The van der Waals surface area contributed by atoms with Gasteiger partial charge in [-0.1, -0.05) is 19.8 Å². The van der Waals surface area contributed by atoms with Crippen molar-refractivity contribution < 1.29 is 4.79 Å². The fourth-order valence-corrected chi connectivity index (χ4v) is 6.24. The molecule has 5 rings (SSSR count). The highest BCUT2D eigenvalue weighted by Gasteiger charge is 2.51. The molecular formula is C18H30N2O. The summed E-state index contributed by atoms with van der Waals surface area (Å²) in [6, 6.07) is 0.517. The zero-order chi connectivity index (χ0) is 14.4. The third-order valence-electron chi connectivity index (χ3n) is 6.84. The SMILES string of the molecule is CC1CCCCC1NC(=O)NC12CC3CC(CC(C3)C1)C2. The lowest BCUT2D eigenvalue weighted by Gasteiger charge is -2.56. The van der Waals surface area contributed by atoms with Gasteiger partial charge < -0.3 is 10.6 Å². The van der Waals surface area contributed by atoms with E-state index in [4.69, 9.17) is 0 Å². The molecule has 2 amide bonds. The predicted molar refractivity (Wildman–Crippen MR) is 84.0 cm³/mol. The zero-order valence-electron chi connectivity index (χ0n) is 13.4. The van der Waals surface area contributed by atoms with Gasteiger partial charge in [-0.3, -0.25) is 0 Å². The monoisotopic (exact) mass is 290 g/mol. The van der Waals surface area contributed by atoms with Crippen molar-refractivity contribution in [1.82, 2.24) is 10.6 Å². The fraction of sp³-hybridized carbons (Fsp3) is 0.944. The van der Waals surface area contributed by atoms with Gasteiger partial charge in [-0.05, 0) is 75.0 Å². The normalized spacial score (nSPS) is 48.1. The van der Waals surface area contributed by atoms with Gasteiger partial charge in [0.2, 0.25) is 0 Å². The second kappa shape index (κ2) is 5.17. The molecule has 5 saturated carbocycles. The molecule has 0 spiro atoms. The Morgan fingerprint density at radius 1 is 0.952 bits per heavy atom. The van der Waals surface area contributed by atoms with E-state index in [0.717, 1.165) is 24.2 Å². The largest absolute Gasteiger partial charge is 0.335 e. The highest BCUT2D eigenvalue weighted by molar-refractivity contribution is 5.75. The molecule has 118 valence electrons. The van der Waals surface area contributed by atoms with Crippen LogP contribution in [0.3, 0.4) is 0 Å². The first kappa shape index (κ1) is 13.9. The second-order valence-electron chi connectivity index (χ2n) is 8.66. The van der Waals surface area contributed by atoms with Crippen molar-refractivity contribution in [3.63, 3.8) is 0 Å². The molecule has 2 atom stereocenters. The van der Waals surface area contributed by atoms with Gasteiger partial charge in [0.1, 0.15) is 0 Å². The van der Waals surface area contributed by atoms with Crippen molar-refractivity contribution in [3.05, 3.63) is 0 Å². The molecule has 0 aromatic heterocycles. The maximum Gasteiger partial charge on any atom is 0.315 e. The maximum absolute atomic E-state index is 12.5. The van der Waals surface area contributed by atoms with Crippen molar-refractivity contribution in [1.29, 1.82) is 0 Å². The Morgan fingerprint density at radius 3 is 2.10 bits per heavy atom. The highest BCUT2D eigenvalue weighted by Crippen LogP contribution is 2.55. The minimum atomic E-state index is 0.121. The second-order valence-corrected chi connectivity index (χ2v) is 8.66. The maximum atomic E-state index is 12.5. The van der Waals surface area contributed by atoms with E-state index in [1.54, 1.807) is 0 Å². The number of nitrogens with one attached hydrogen (secondary N) is 2. The molecule has 0 aromatic carbocycles. The van der Waals surface area contributed by atoms with Crippen LogP contribution in [0.1, 0.15) is 71.1 Å². The molecule has 3 nitrogen and oxygen atoms in total. The van der Waals surface area contributed by atoms with Gasteiger partial charge in [0.15, 0.2) is 0 Å². The molecule has 5 aliphatic carbocycles. The Balaban J connectivity index is 1.38. The quantitative estimate of drug-likeness (QED) is 0.797. The van der Waals surface area contributed by atoms with Crippen LogP contribution in [0.4, 0.5) is 4.79 Å². The summed E-state index contributed by atoms with van der Waals surface area (Å²) in [6.07, 6.45) is 13.1. The van der Waals surface area contributed by atoms with Crippen molar-refractivity contribution >= 4 is 6.03 Å². The van der Waals surface area contributed by atoms with Gasteiger partial charge in [-0.15, -0.1) is 0 Å². The van der Waals surface area contributed by atoms with E-state index < -0.39 is 0 Å². The molecule has 21 heavy (non-hydrogen) atoms. The molecule has 0 saturated heterocycles. The lowest BCUT2D eigenvalue weighted by molar-refractivity contribution is -0.0138. The van der Waals surface area contributed by atoms with Crippen LogP contribution in [0.15, 0.2) is 0 Å². The van der Waals surface area contributed by atoms with Crippen LogP contribution in [0.25, 0.3) is 0 Å². The summed E-state index contributed by atoms with van der Waals surface area (Å²) in [5, 5.41) is 6.74. The zero-order valence-corrected chi connectivity index (χ0v) is 13.4. The van der Waals surface area contributed by atoms with Crippen LogP contribution in [0.5, 0.6) is 0 Å². The van der Waals surface area contributed by atoms with Crippen LogP contribution in [0, 0.1) is 23.7 Å². The van der Waals surface area contributed by atoms with E-state index in [0.29, 0.717) is 12.0 Å². The number of carbonyl (C=O) groups is 1. The first-order valence-electron chi connectivity index (χ1n) is 9.20. The molecular weight excluding hydrogens is 260 g/mol. The molecule has 5 fully saturated rings. The average molecular weight is 290 g/mol. The summed E-state index contributed by atoms with van der Waals surface area (Å²) >= 11 is 0. The van der Waals surface area contributed by atoms with Gasteiger partial charge in [-0.2, -0.15) is 0 Å². The van der Waals surface area contributed by atoms with Crippen LogP contribution in [0.2, 0.25) is 0 Å². The lowest BCUT2D eigenvalue weighted by Crippen LogP contribution is -2.62. The molecule has 0 aromatic rings. The number of hydrogen-bond acceptors (Lipinski definition) is 1. The Morgan fingerprint density at radius 2 is 1.52 bits per heavy atom. The number of amides is 2. The lowest BCUT2D eigenvalue weighted by atomic mass is 9.53. The van der Waals surface area contributed by atoms with Crippen molar-refractivity contribution in [2.45, 2.75) is 82.7 Å². The molecule has 4 bridgehead atoms. The Hall–Kier alpha value is -0.730. The number of carbonyl (C=O) groups excluding carboxylic acids is 1. The Labute approximate surface area is 128 Å². The third-order valence-corrected chi connectivity index (χ3v) is 6.84. The van der Waals surface area contributed by atoms with Crippen molar-refractivity contribution in [3.8, 4) is 0 Å². The molecule has 0 radical (unpaired) electrons. The summed E-state index contributed by atoms with van der Waals surface area (Å²) < 4.78 is 0. The summed E-state index contributed by atoms with van der Waals surface area (Å²) in [5.41, 5.74) is 0.150. The molecule has 0 heterocycles. The topological polar surface area (TPSA) is 41.1 Å². The Kier molecular flexibility index (Phi) is 3.42. The van der Waals surface area contributed by atoms with Crippen molar-refractivity contribution in [2.24, 2.45) is 23.7 Å². The fourth-order valence-electron chi connectivity index (χ4n) is 6.24. The number of hydrogen-bond donors (Lipinski definition) is 2. The predicted octanol–water partition coefficient (Wildman–Crippen LogP) is 3.83. The van der Waals surface area contributed by atoms with Crippen LogP contribution in [-0.2, 0) is 0 Å². The number of urea groups is 1. The average Bonchev–Trinajstić information content (AvgIpc) is 2.39. The standard InChI is InChI=1S/C18H30N2O/c1-12-4-2-3-5-16(12)19-17(21)20-18-9-13-6-14(10-18)8-15(7-13)11-18/h12-16H,2-11H2,1H3,(H2,19,20,21). The molecule has 2 unspecified atom stereocenters. The first-order valence-corrected chi connectivity index (χ1v) is 9.20. The van der Waals surface area contributed by atoms with Gasteiger partial charge >= 0.3 is 6.03 Å². The number of rotatable bonds is 2. The first-order chi connectivity index (χ1) is 10.1. The Bertz CT molecular complexity index is 384. The van der Waals surface area contributed by atoms with E-state index in [2.05, 4.69) is 17.6 Å². The van der Waals surface area contributed by atoms with Gasteiger partial charge in [0.05, 0.1) is 0 Å². The van der Waals surface area contributed by atoms with Gasteiger partial charge in [0, 0.05) is 11.6 Å². The van der Waals surface area contributed by atoms with E-state index in [9.17, 15) is 4.79 Å². The van der Waals surface area contributed by atoms with E-state index in [1.807, 2.05) is 0 Å². The molecule has 0 aliphatic heterocycles. The minimum absolute atomic E-state index is 0.121. The molecule has 3 heteroatoms. The van der Waals surface area contributed by atoms with E-state index in [-0.39, 0.29) is 11.6 Å². The molecule has 5 aliphatic rings. The van der Waals surface area contributed by atoms with Crippen LogP contribution >= 0.6 is 0 Å². The molecule has 2 N–H and O–H groups in total. The summed E-state index contributed by atoms with van der Waals surface area (Å²) in [6.45, 7) is 2.29. The van der Waals surface area contributed by atoms with Crippen LogP contribution < -0.4 is 10.6 Å². The van der Waals surface area contributed by atoms with E-state index in [1.165, 1.54) is 57.8 Å². The minimum Gasteiger partial charge on any atom is -0.335 e. The highest BCUT2D eigenvalue weighted by atomic mass is 16.2. The summed E-state index contributed by atoms with van der Waals surface area (Å²) in [4.78, 5) is 12.5. The van der Waals surface area contributed by atoms with Crippen LogP contribution in [-0.4, -0.2) is 17.6 Å². The summed E-state index contributed by atoms with van der Waals surface area (Å²) in [5.74, 6) is 3.32. The summed E-state index contributed by atoms with van der Waals surface area (Å²) in [7, 11) is 0. The van der Waals surface area contributed by atoms with Gasteiger partial charge in [0.25, 0.3) is 0 Å². The van der Waals surface area contributed by atoms with Crippen molar-refractivity contribution in [2.75, 3.05) is 0 Å². The van der Waals surface area contributed by atoms with E-state index >= 15 is 0 Å². The smallest absolute Gasteiger partial charge is 0.315 e. The third kappa shape index (κ3) is 2.68. The van der Waals surface area contributed by atoms with Gasteiger partial charge in [-0.25, -0.2) is 4.79 Å².